The largest absolute Gasteiger partial charge is 0.479 e. The highest BCUT2D eigenvalue weighted by Gasteiger charge is 2.17. The highest BCUT2D eigenvalue weighted by Crippen LogP contribution is 2.24. The van der Waals surface area contributed by atoms with Crippen molar-refractivity contribution in [2.45, 2.75) is 20.0 Å². The van der Waals surface area contributed by atoms with Crippen LogP contribution in [-0.2, 0) is 14.8 Å². The number of rotatable bonds is 6. The second-order valence-electron chi connectivity index (χ2n) is 5.36. The molecule has 0 bridgehead atoms. The van der Waals surface area contributed by atoms with Crippen molar-refractivity contribution in [1.82, 2.24) is 4.98 Å². The predicted octanol–water partition coefficient (Wildman–Crippen LogP) is 2.17. The lowest BCUT2D eigenvalue weighted by molar-refractivity contribution is -0.122. The van der Waals surface area contributed by atoms with E-state index in [-0.39, 0.29) is 0 Å². The summed E-state index contributed by atoms with van der Waals surface area (Å²) < 4.78 is 30.8. The molecule has 2 aromatic rings. The molecule has 128 valence electrons. The van der Waals surface area contributed by atoms with E-state index >= 15 is 0 Å². The van der Waals surface area contributed by atoms with Crippen LogP contribution in [0.15, 0.2) is 42.7 Å². The molecule has 0 fully saturated rings. The maximum absolute atomic E-state index is 12.3. The number of anilines is 2. The van der Waals surface area contributed by atoms with E-state index < -0.39 is 22.0 Å². The van der Waals surface area contributed by atoms with Gasteiger partial charge >= 0.3 is 0 Å². The second-order valence-corrected chi connectivity index (χ2v) is 7.11. The van der Waals surface area contributed by atoms with Gasteiger partial charge in [0.2, 0.25) is 10.0 Å². The smallest absolute Gasteiger partial charge is 0.265 e. The first-order valence-corrected chi connectivity index (χ1v) is 9.10. The number of hydrogen-bond donors (Lipinski definition) is 2. The standard InChI is InChI=1S/C16H19N3O4S/c1-11-6-7-14(19-24(3,21)22)15(9-11)18-16(20)12(2)23-13-5-4-8-17-10-13/h4-10,12,19H,1-3H3,(H,18,20). The maximum atomic E-state index is 12.3. The predicted molar refractivity (Wildman–Crippen MR) is 92.6 cm³/mol. The first-order valence-electron chi connectivity index (χ1n) is 7.20. The van der Waals surface area contributed by atoms with Crippen LogP contribution in [0.5, 0.6) is 5.75 Å². The fourth-order valence-electron chi connectivity index (χ4n) is 1.96. The number of ether oxygens (including phenoxy) is 1. The average Bonchev–Trinajstić information content (AvgIpc) is 2.49. The van der Waals surface area contributed by atoms with Gasteiger partial charge in [0.1, 0.15) is 5.75 Å². The van der Waals surface area contributed by atoms with E-state index in [2.05, 4.69) is 15.0 Å². The van der Waals surface area contributed by atoms with Gasteiger partial charge in [-0.05, 0) is 43.7 Å². The summed E-state index contributed by atoms with van der Waals surface area (Å²) in [7, 11) is -3.46. The Balaban J connectivity index is 2.14. The number of benzene rings is 1. The molecule has 0 saturated heterocycles. The highest BCUT2D eigenvalue weighted by molar-refractivity contribution is 7.92. The first-order chi connectivity index (χ1) is 11.2. The van der Waals surface area contributed by atoms with Crippen LogP contribution in [0.4, 0.5) is 11.4 Å². The third-order valence-corrected chi connectivity index (χ3v) is 3.64. The number of nitrogens with zero attached hydrogens (tertiary/aromatic N) is 1. The number of aryl methyl sites for hydroxylation is 1. The molecule has 1 aromatic carbocycles. The van der Waals surface area contributed by atoms with Crippen molar-refractivity contribution in [3.8, 4) is 5.75 Å². The quantitative estimate of drug-likeness (QED) is 0.833. The number of amides is 1. The molecule has 1 unspecified atom stereocenters. The summed E-state index contributed by atoms with van der Waals surface area (Å²) in [5.74, 6) is 0.0693. The van der Waals surface area contributed by atoms with Crippen LogP contribution in [0.1, 0.15) is 12.5 Å². The Bertz CT molecular complexity index is 822. The Kier molecular flexibility index (Phi) is 5.40. The summed E-state index contributed by atoms with van der Waals surface area (Å²) in [4.78, 5) is 16.2. The first kappa shape index (κ1) is 17.7. The summed E-state index contributed by atoms with van der Waals surface area (Å²) in [6, 6.07) is 8.42. The third-order valence-electron chi connectivity index (χ3n) is 3.04. The summed E-state index contributed by atoms with van der Waals surface area (Å²) >= 11 is 0. The van der Waals surface area contributed by atoms with Gasteiger partial charge in [-0.15, -0.1) is 0 Å². The molecule has 1 amide bonds. The minimum absolute atomic E-state index is 0.296. The van der Waals surface area contributed by atoms with E-state index in [1.165, 1.54) is 6.20 Å². The van der Waals surface area contributed by atoms with Crippen molar-refractivity contribution >= 4 is 27.3 Å². The zero-order valence-corrected chi connectivity index (χ0v) is 14.4. The zero-order chi connectivity index (χ0) is 17.7. The van der Waals surface area contributed by atoms with Crippen molar-refractivity contribution in [3.05, 3.63) is 48.3 Å². The lowest BCUT2D eigenvalue weighted by Gasteiger charge is -2.17. The summed E-state index contributed by atoms with van der Waals surface area (Å²) in [6.07, 6.45) is 3.38. The Morgan fingerprint density at radius 3 is 2.62 bits per heavy atom. The van der Waals surface area contributed by atoms with Crippen LogP contribution in [0, 0.1) is 6.92 Å². The van der Waals surface area contributed by atoms with Gasteiger partial charge in [0.25, 0.3) is 5.91 Å². The molecule has 2 rings (SSSR count). The molecule has 0 radical (unpaired) electrons. The molecule has 0 saturated carbocycles. The van der Waals surface area contributed by atoms with Crippen LogP contribution >= 0.6 is 0 Å². The van der Waals surface area contributed by atoms with Crippen LogP contribution in [-0.4, -0.2) is 31.7 Å². The minimum atomic E-state index is -3.46. The van der Waals surface area contributed by atoms with Gasteiger partial charge in [-0.25, -0.2) is 8.42 Å². The van der Waals surface area contributed by atoms with Gasteiger partial charge in [-0.2, -0.15) is 0 Å². The molecule has 0 aliphatic carbocycles. The Morgan fingerprint density at radius 1 is 1.25 bits per heavy atom. The number of carbonyl (C=O) groups excluding carboxylic acids is 1. The highest BCUT2D eigenvalue weighted by atomic mass is 32.2. The van der Waals surface area contributed by atoms with E-state index in [4.69, 9.17) is 4.74 Å². The summed E-state index contributed by atoms with van der Waals surface area (Å²) in [5.41, 5.74) is 1.54. The van der Waals surface area contributed by atoms with E-state index in [0.717, 1.165) is 11.8 Å². The molecular weight excluding hydrogens is 330 g/mol. The lowest BCUT2D eigenvalue weighted by Crippen LogP contribution is -2.30. The van der Waals surface area contributed by atoms with Gasteiger partial charge in [0.05, 0.1) is 23.8 Å². The third kappa shape index (κ3) is 5.24. The SMILES string of the molecule is Cc1ccc(NS(C)(=O)=O)c(NC(=O)C(C)Oc2cccnc2)c1. The monoisotopic (exact) mass is 349 g/mol. The number of nitrogens with one attached hydrogen (secondary N) is 2. The van der Waals surface area contributed by atoms with Crippen LogP contribution in [0.25, 0.3) is 0 Å². The van der Waals surface area contributed by atoms with Crippen molar-refractivity contribution in [2.24, 2.45) is 0 Å². The molecule has 2 N–H and O–H groups in total. The molecule has 1 heterocycles. The van der Waals surface area contributed by atoms with Gasteiger partial charge in [-0.1, -0.05) is 6.07 Å². The van der Waals surface area contributed by atoms with Gasteiger partial charge in [-0.3, -0.25) is 14.5 Å². The van der Waals surface area contributed by atoms with Gasteiger partial charge in [0, 0.05) is 6.20 Å². The van der Waals surface area contributed by atoms with Crippen molar-refractivity contribution in [2.75, 3.05) is 16.3 Å². The van der Waals surface area contributed by atoms with Crippen LogP contribution < -0.4 is 14.8 Å². The molecule has 0 spiro atoms. The zero-order valence-electron chi connectivity index (χ0n) is 13.6. The topological polar surface area (TPSA) is 97.4 Å². The van der Waals surface area contributed by atoms with E-state index in [0.29, 0.717) is 17.1 Å². The second kappa shape index (κ2) is 7.31. The van der Waals surface area contributed by atoms with E-state index in [1.807, 2.05) is 6.92 Å². The molecule has 24 heavy (non-hydrogen) atoms. The number of pyridine rings is 1. The van der Waals surface area contributed by atoms with E-state index in [9.17, 15) is 13.2 Å². The number of hydrogen-bond acceptors (Lipinski definition) is 5. The molecular formula is C16H19N3O4S. The molecule has 1 atom stereocenters. The fraction of sp³-hybridized carbons (Fsp3) is 0.250. The Morgan fingerprint density at radius 2 is 2.00 bits per heavy atom. The van der Waals surface area contributed by atoms with Crippen LogP contribution in [0.2, 0.25) is 0 Å². The summed E-state index contributed by atoms with van der Waals surface area (Å²) in [5, 5.41) is 2.68. The van der Waals surface area contributed by atoms with Crippen molar-refractivity contribution in [1.29, 1.82) is 0 Å². The molecule has 7 nitrogen and oxygen atoms in total. The normalized spacial score (nSPS) is 12.3. The fourth-order valence-corrected chi connectivity index (χ4v) is 2.54. The van der Waals surface area contributed by atoms with Crippen molar-refractivity contribution in [3.63, 3.8) is 0 Å². The lowest BCUT2D eigenvalue weighted by atomic mass is 10.2. The van der Waals surface area contributed by atoms with Crippen molar-refractivity contribution < 1.29 is 17.9 Å². The Labute approximate surface area is 141 Å². The summed E-state index contributed by atoms with van der Waals surface area (Å²) in [6.45, 7) is 3.44. The maximum Gasteiger partial charge on any atom is 0.265 e. The van der Waals surface area contributed by atoms with Gasteiger partial charge in [0.15, 0.2) is 6.10 Å². The molecule has 0 aliphatic heterocycles. The molecule has 0 aliphatic rings. The number of aromatic nitrogens is 1. The molecule has 8 heteroatoms. The Hall–Kier alpha value is -2.61. The number of sulfonamides is 1. The van der Waals surface area contributed by atoms with E-state index in [1.54, 1.807) is 43.5 Å². The minimum Gasteiger partial charge on any atom is -0.479 e. The number of carbonyl (C=O) groups is 1. The van der Waals surface area contributed by atoms with Gasteiger partial charge < -0.3 is 10.1 Å². The average molecular weight is 349 g/mol. The molecule has 1 aromatic heterocycles. The van der Waals surface area contributed by atoms with Crippen LogP contribution in [0.3, 0.4) is 0 Å².